The van der Waals surface area contributed by atoms with Crippen molar-refractivity contribution in [1.82, 2.24) is 9.55 Å². The summed E-state index contributed by atoms with van der Waals surface area (Å²) in [5.41, 5.74) is 2.26. The van der Waals surface area contributed by atoms with Gasteiger partial charge in [0.1, 0.15) is 36.0 Å². The summed E-state index contributed by atoms with van der Waals surface area (Å²) in [6.07, 6.45) is -0.767. The van der Waals surface area contributed by atoms with E-state index in [0.717, 1.165) is 5.56 Å². The highest BCUT2D eigenvalue weighted by Crippen LogP contribution is 2.37. The molecule has 0 bridgehead atoms. The molecular weight excluding hydrogens is 350 g/mol. The van der Waals surface area contributed by atoms with E-state index in [4.69, 9.17) is 9.47 Å². The summed E-state index contributed by atoms with van der Waals surface area (Å²) in [4.78, 5) is 30.0. The third-order valence-corrected chi connectivity index (χ3v) is 5.04. The van der Waals surface area contributed by atoms with Crippen molar-refractivity contribution in [3.63, 3.8) is 0 Å². The summed E-state index contributed by atoms with van der Waals surface area (Å²) in [5.74, 6) is -0.243. The number of imidazole rings is 1. The molecule has 138 valence electrons. The fourth-order valence-electron chi connectivity index (χ4n) is 3.68. The number of hydrogen-bond donors (Lipinski definition) is 2. The SMILES string of the molecule is Cc1ccc(NC2=CC(=O)c3nc4n(c3C2=O)[C@H]2OC[C@@H](O)[C@H]2OC4)cc1. The minimum Gasteiger partial charge on any atom is -0.388 e. The van der Waals surface area contributed by atoms with Crippen LogP contribution in [-0.2, 0) is 16.1 Å². The molecule has 5 rings (SSSR count). The molecule has 3 heterocycles. The second-order valence-electron chi connectivity index (χ2n) is 6.90. The standard InChI is InChI=1S/C19H17N3O5/c1-9-2-4-10(5-3-9)20-11-6-12(23)15-16(17(11)25)22-14(21-15)8-26-18-13(24)7-27-19(18)22/h2-6,13,18-20,24H,7-8H2,1H3/t13-,18-,19+/m1/s1. The average Bonchev–Trinajstić information content (AvgIpc) is 3.22. The molecule has 0 radical (unpaired) electrons. The molecule has 8 nitrogen and oxygen atoms in total. The van der Waals surface area contributed by atoms with Crippen molar-refractivity contribution in [3.05, 3.63) is 58.8 Å². The number of benzene rings is 1. The number of aliphatic hydroxyl groups is 1. The van der Waals surface area contributed by atoms with Crippen molar-refractivity contribution >= 4 is 17.3 Å². The molecule has 1 fully saturated rings. The van der Waals surface area contributed by atoms with Crippen molar-refractivity contribution in [3.8, 4) is 0 Å². The summed E-state index contributed by atoms with van der Waals surface area (Å²) >= 11 is 0. The summed E-state index contributed by atoms with van der Waals surface area (Å²) in [7, 11) is 0. The van der Waals surface area contributed by atoms with Crippen molar-refractivity contribution in [2.24, 2.45) is 0 Å². The molecule has 1 aromatic heterocycles. The van der Waals surface area contributed by atoms with Crippen molar-refractivity contribution in [1.29, 1.82) is 0 Å². The quantitative estimate of drug-likeness (QED) is 0.826. The van der Waals surface area contributed by atoms with Gasteiger partial charge in [0.2, 0.25) is 11.6 Å². The number of aryl methyl sites for hydroxylation is 1. The Morgan fingerprint density at radius 2 is 2.00 bits per heavy atom. The average molecular weight is 367 g/mol. The van der Waals surface area contributed by atoms with E-state index in [-0.39, 0.29) is 41.9 Å². The molecule has 0 amide bonds. The third-order valence-electron chi connectivity index (χ3n) is 5.04. The van der Waals surface area contributed by atoms with Gasteiger partial charge in [-0.15, -0.1) is 0 Å². The molecule has 3 aliphatic rings. The number of allylic oxidation sites excluding steroid dienone is 2. The predicted octanol–water partition coefficient (Wildman–Crippen LogP) is 1.36. The van der Waals surface area contributed by atoms with E-state index >= 15 is 0 Å². The van der Waals surface area contributed by atoms with Gasteiger partial charge in [-0.1, -0.05) is 17.7 Å². The summed E-state index contributed by atoms with van der Waals surface area (Å²) in [6.45, 7) is 2.18. The molecule has 1 aliphatic carbocycles. The Morgan fingerprint density at radius 1 is 1.22 bits per heavy atom. The fourth-order valence-corrected chi connectivity index (χ4v) is 3.68. The van der Waals surface area contributed by atoms with Gasteiger partial charge in [0.25, 0.3) is 0 Å². The van der Waals surface area contributed by atoms with Gasteiger partial charge in [0.05, 0.1) is 12.3 Å². The highest BCUT2D eigenvalue weighted by Gasteiger charge is 2.46. The van der Waals surface area contributed by atoms with Crippen LogP contribution in [0.3, 0.4) is 0 Å². The van der Waals surface area contributed by atoms with Crippen molar-refractivity contribution in [2.75, 3.05) is 11.9 Å². The van der Waals surface area contributed by atoms with Gasteiger partial charge in [0.15, 0.2) is 6.23 Å². The second-order valence-corrected chi connectivity index (χ2v) is 6.90. The Bertz CT molecular complexity index is 992. The molecule has 2 aliphatic heterocycles. The van der Waals surface area contributed by atoms with Crippen LogP contribution in [0.5, 0.6) is 0 Å². The molecule has 2 aromatic rings. The molecule has 0 spiro atoms. The minimum atomic E-state index is -0.781. The Labute approximate surface area is 154 Å². The van der Waals surface area contributed by atoms with Gasteiger partial charge in [-0.3, -0.25) is 14.2 Å². The normalized spacial score (nSPS) is 26.3. The lowest BCUT2D eigenvalue weighted by molar-refractivity contribution is -0.0992. The van der Waals surface area contributed by atoms with Gasteiger partial charge in [-0.25, -0.2) is 4.98 Å². The maximum Gasteiger partial charge on any atom is 0.228 e. The van der Waals surface area contributed by atoms with E-state index in [2.05, 4.69) is 10.3 Å². The zero-order chi connectivity index (χ0) is 18.7. The van der Waals surface area contributed by atoms with Gasteiger partial charge in [-0.05, 0) is 19.1 Å². The first-order chi connectivity index (χ1) is 13.0. The van der Waals surface area contributed by atoms with Gasteiger partial charge >= 0.3 is 0 Å². The number of ether oxygens (including phenoxy) is 2. The molecule has 3 atom stereocenters. The maximum atomic E-state index is 13.1. The second kappa shape index (κ2) is 5.85. The lowest BCUT2D eigenvalue weighted by atomic mass is 10.0. The molecule has 8 heteroatoms. The molecule has 0 unspecified atom stereocenters. The van der Waals surface area contributed by atoms with Crippen LogP contribution >= 0.6 is 0 Å². The van der Waals surface area contributed by atoms with E-state index in [0.29, 0.717) is 11.5 Å². The number of nitrogens with one attached hydrogen (secondary N) is 1. The zero-order valence-electron chi connectivity index (χ0n) is 14.5. The van der Waals surface area contributed by atoms with E-state index in [9.17, 15) is 14.7 Å². The van der Waals surface area contributed by atoms with Gasteiger partial charge in [0, 0.05) is 11.8 Å². The van der Waals surface area contributed by atoms with Crippen molar-refractivity contribution < 1.29 is 24.2 Å². The van der Waals surface area contributed by atoms with Gasteiger partial charge < -0.3 is 19.9 Å². The molecule has 0 saturated carbocycles. The molecule has 1 aromatic carbocycles. The first-order valence-electron chi connectivity index (χ1n) is 8.70. The zero-order valence-corrected chi connectivity index (χ0v) is 14.5. The number of aromatic nitrogens is 2. The van der Waals surface area contributed by atoms with E-state index in [1.54, 1.807) is 4.57 Å². The van der Waals surface area contributed by atoms with Crippen molar-refractivity contribution in [2.45, 2.75) is 32.0 Å². The first kappa shape index (κ1) is 16.4. The highest BCUT2D eigenvalue weighted by atomic mass is 16.6. The van der Waals surface area contributed by atoms with Crippen LogP contribution in [0.4, 0.5) is 5.69 Å². The topological polar surface area (TPSA) is 103 Å². The largest absolute Gasteiger partial charge is 0.388 e. The molecule has 27 heavy (non-hydrogen) atoms. The lowest BCUT2D eigenvalue weighted by Crippen LogP contribution is -2.38. The third kappa shape index (κ3) is 2.45. The summed E-state index contributed by atoms with van der Waals surface area (Å²) in [6, 6.07) is 7.52. The number of hydrogen-bond acceptors (Lipinski definition) is 7. The van der Waals surface area contributed by atoms with Crippen LogP contribution in [0.25, 0.3) is 0 Å². The molecular formula is C19H17N3O5. The van der Waals surface area contributed by atoms with Gasteiger partial charge in [-0.2, -0.15) is 0 Å². The van der Waals surface area contributed by atoms with Crippen LogP contribution in [0.1, 0.15) is 38.6 Å². The summed E-state index contributed by atoms with van der Waals surface area (Å²) < 4.78 is 12.8. The highest BCUT2D eigenvalue weighted by molar-refractivity contribution is 6.24. The van der Waals surface area contributed by atoms with Crippen LogP contribution < -0.4 is 5.32 Å². The fraction of sp³-hybridized carbons (Fsp3) is 0.316. The number of anilines is 1. The Hall–Kier alpha value is -2.81. The monoisotopic (exact) mass is 367 g/mol. The smallest absolute Gasteiger partial charge is 0.228 e. The van der Waals surface area contributed by atoms with Crippen LogP contribution in [0, 0.1) is 6.92 Å². The number of ketones is 2. The van der Waals surface area contributed by atoms with E-state index in [1.807, 2.05) is 31.2 Å². The number of carbonyl (C=O) groups excluding carboxylic acids is 2. The number of fused-ring (bicyclic) bond motifs is 5. The Kier molecular flexibility index (Phi) is 3.55. The number of rotatable bonds is 2. The lowest BCUT2D eigenvalue weighted by Gasteiger charge is -2.29. The van der Waals surface area contributed by atoms with E-state index in [1.165, 1.54) is 6.08 Å². The minimum absolute atomic E-state index is 0.0960. The molecule has 1 saturated heterocycles. The number of aliphatic hydroxyl groups excluding tert-OH is 1. The number of nitrogens with zero attached hydrogens (tertiary/aromatic N) is 2. The predicted molar refractivity (Wildman–Crippen MR) is 93.3 cm³/mol. The maximum absolute atomic E-state index is 13.1. The Balaban J connectivity index is 1.54. The first-order valence-corrected chi connectivity index (χ1v) is 8.70. The van der Waals surface area contributed by atoms with Crippen LogP contribution in [-0.4, -0.2) is 45.0 Å². The molecule has 2 N–H and O–H groups in total. The van der Waals surface area contributed by atoms with Crippen LogP contribution in [0.2, 0.25) is 0 Å². The number of Topliss-reactive ketones (excluding diaryl/α,β-unsaturated/α-hetero) is 1. The van der Waals surface area contributed by atoms with Crippen LogP contribution in [0.15, 0.2) is 36.0 Å². The van der Waals surface area contributed by atoms with E-state index < -0.39 is 18.4 Å². The summed E-state index contributed by atoms with van der Waals surface area (Å²) in [5, 5.41) is 13.0. The Morgan fingerprint density at radius 3 is 2.78 bits per heavy atom. The number of carbonyl (C=O) groups is 2.